The molecule has 6 heteroatoms. The summed E-state index contributed by atoms with van der Waals surface area (Å²) in [6.07, 6.45) is 5.49. The molecule has 1 rings (SSSR count). The van der Waals surface area contributed by atoms with Gasteiger partial charge in [0, 0.05) is 24.4 Å². The van der Waals surface area contributed by atoms with Crippen molar-refractivity contribution in [1.82, 2.24) is 4.98 Å². The molecular weight excluding hydrogens is 252 g/mol. The highest BCUT2D eigenvalue weighted by atomic mass is 32.2. The van der Waals surface area contributed by atoms with Crippen molar-refractivity contribution in [3.05, 3.63) is 29.5 Å². The zero-order valence-electron chi connectivity index (χ0n) is 9.92. The number of nitrogens with two attached hydrogens (primary N) is 1. The number of hydrogen-bond donors (Lipinski definition) is 2. The van der Waals surface area contributed by atoms with Gasteiger partial charge >= 0.3 is 5.97 Å². The summed E-state index contributed by atoms with van der Waals surface area (Å²) in [6.45, 7) is 1.52. The minimum absolute atomic E-state index is 0.0810. The van der Waals surface area contributed by atoms with Gasteiger partial charge in [0.15, 0.2) is 5.12 Å². The number of carboxylic acids is 1. The zero-order chi connectivity index (χ0) is 13.5. The third kappa shape index (κ3) is 4.58. The van der Waals surface area contributed by atoms with E-state index in [0.29, 0.717) is 17.7 Å². The molecule has 3 N–H and O–H groups in total. The molecular formula is C12H14N2O3S. The molecule has 0 amide bonds. The largest absolute Gasteiger partial charge is 0.478 e. The van der Waals surface area contributed by atoms with Crippen molar-refractivity contribution < 1.29 is 14.7 Å². The van der Waals surface area contributed by atoms with Crippen molar-refractivity contribution in [2.24, 2.45) is 0 Å². The van der Waals surface area contributed by atoms with Crippen LogP contribution in [0.3, 0.4) is 0 Å². The Labute approximate surface area is 109 Å². The molecule has 1 heterocycles. The van der Waals surface area contributed by atoms with Crippen molar-refractivity contribution >= 4 is 34.7 Å². The summed E-state index contributed by atoms with van der Waals surface area (Å²) in [4.78, 5) is 25.3. The lowest BCUT2D eigenvalue weighted by molar-refractivity contribution is -0.109. The van der Waals surface area contributed by atoms with E-state index in [1.54, 1.807) is 6.08 Å². The number of carboxylic acid groups (broad SMARTS) is 1. The molecule has 0 aliphatic carbocycles. The Balaban J connectivity index is 2.65. The number of aromatic carboxylic acids is 1. The molecule has 18 heavy (non-hydrogen) atoms. The van der Waals surface area contributed by atoms with Gasteiger partial charge in [0.1, 0.15) is 5.82 Å². The molecule has 5 nitrogen and oxygen atoms in total. The van der Waals surface area contributed by atoms with Crippen molar-refractivity contribution in [2.75, 3.05) is 11.5 Å². The Hall–Kier alpha value is -1.82. The number of rotatable bonds is 5. The molecule has 1 aromatic rings. The smallest absolute Gasteiger partial charge is 0.337 e. The summed E-state index contributed by atoms with van der Waals surface area (Å²) >= 11 is 1.25. The Morgan fingerprint density at radius 2 is 2.28 bits per heavy atom. The Kier molecular flexibility index (Phi) is 5.38. The average molecular weight is 266 g/mol. The second-order valence-electron chi connectivity index (χ2n) is 3.53. The van der Waals surface area contributed by atoms with Gasteiger partial charge in [-0.1, -0.05) is 23.9 Å². The van der Waals surface area contributed by atoms with Crippen LogP contribution in [0.4, 0.5) is 5.82 Å². The first-order valence-corrected chi connectivity index (χ1v) is 6.28. The van der Waals surface area contributed by atoms with E-state index in [9.17, 15) is 9.59 Å². The Morgan fingerprint density at radius 3 is 2.89 bits per heavy atom. The fourth-order valence-corrected chi connectivity index (χ4v) is 1.77. The lowest BCUT2D eigenvalue weighted by atomic mass is 10.1. The summed E-state index contributed by atoms with van der Waals surface area (Å²) in [5, 5.41) is 8.91. The normalized spacial score (nSPS) is 10.7. The van der Waals surface area contributed by atoms with Crippen LogP contribution in [0.5, 0.6) is 0 Å². The number of nitrogen functional groups attached to an aromatic ring is 1. The molecule has 0 bridgehead atoms. The van der Waals surface area contributed by atoms with E-state index in [-0.39, 0.29) is 16.5 Å². The molecule has 0 spiro atoms. The number of aromatic nitrogens is 1. The van der Waals surface area contributed by atoms with E-state index in [0.717, 1.165) is 0 Å². The maximum atomic E-state index is 10.8. The van der Waals surface area contributed by atoms with Crippen LogP contribution in [0.25, 0.3) is 6.08 Å². The van der Waals surface area contributed by atoms with Gasteiger partial charge in [-0.3, -0.25) is 4.79 Å². The van der Waals surface area contributed by atoms with E-state index < -0.39 is 5.97 Å². The van der Waals surface area contributed by atoms with Crippen LogP contribution in [0, 0.1) is 0 Å². The van der Waals surface area contributed by atoms with Crippen molar-refractivity contribution in [3.8, 4) is 0 Å². The van der Waals surface area contributed by atoms with Gasteiger partial charge in [-0.15, -0.1) is 0 Å². The zero-order valence-corrected chi connectivity index (χ0v) is 10.7. The molecule has 0 saturated heterocycles. The quantitative estimate of drug-likeness (QED) is 0.792. The first-order valence-electron chi connectivity index (χ1n) is 5.29. The van der Waals surface area contributed by atoms with Crippen molar-refractivity contribution in [2.45, 2.75) is 13.3 Å². The van der Waals surface area contributed by atoms with Gasteiger partial charge in [0.05, 0.1) is 5.56 Å². The first-order chi connectivity index (χ1) is 8.50. The van der Waals surface area contributed by atoms with Crippen LogP contribution in [0.2, 0.25) is 0 Å². The van der Waals surface area contributed by atoms with Crippen LogP contribution in [0.15, 0.2) is 18.3 Å². The van der Waals surface area contributed by atoms with Gasteiger partial charge in [-0.2, -0.15) is 0 Å². The molecule has 0 aliphatic heterocycles. The highest BCUT2D eigenvalue weighted by molar-refractivity contribution is 8.13. The number of allylic oxidation sites excluding steroid dienone is 1. The molecule has 96 valence electrons. The summed E-state index contributed by atoms with van der Waals surface area (Å²) in [5.41, 5.74) is 6.31. The molecule has 0 unspecified atom stereocenters. The van der Waals surface area contributed by atoms with Crippen LogP contribution in [0.1, 0.15) is 29.3 Å². The SMILES string of the molecule is CC(=O)SCCC=Cc1cc(C(=O)O)cnc1N. The lowest BCUT2D eigenvalue weighted by Gasteiger charge is -2.01. The Bertz CT molecular complexity index is 486. The minimum atomic E-state index is -1.04. The summed E-state index contributed by atoms with van der Waals surface area (Å²) in [7, 11) is 0. The van der Waals surface area contributed by atoms with E-state index >= 15 is 0 Å². The van der Waals surface area contributed by atoms with Gasteiger partial charge in [0.2, 0.25) is 0 Å². The van der Waals surface area contributed by atoms with Crippen LogP contribution in [-0.4, -0.2) is 26.9 Å². The second kappa shape index (κ2) is 6.80. The van der Waals surface area contributed by atoms with Crippen LogP contribution >= 0.6 is 11.8 Å². The van der Waals surface area contributed by atoms with Crippen LogP contribution < -0.4 is 5.73 Å². The third-order valence-corrected chi connectivity index (χ3v) is 2.93. The monoisotopic (exact) mass is 266 g/mol. The number of carbonyl (C=O) groups is 2. The predicted molar refractivity (Wildman–Crippen MR) is 72.4 cm³/mol. The van der Waals surface area contributed by atoms with Crippen molar-refractivity contribution in [3.63, 3.8) is 0 Å². The van der Waals surface area contributed by atoms with Crippen LogP contribution in [-0.2, 0) is 4.79 Å². The topological polar surface area (TPSA) is 93.3 Å². The Morgan fingerprint density at radius 1 is 1.56 bits per heavy atom. The molecule has 0 fully saturated rings. The fraction of sp³-hybridized carbons (Fsp3) is 0.250. The fourth-order valence-electron chi connectivity index (χ4n) is 1.22. The molecule has 0 aromatic carbocycles. The van der Waals surface area contributed by atoms with E-state index in [1.807, 2.05) is 6.08 Å². The molecule has 0 aliphatic rings. The number of carbonyl (C=O) groups excluding carboxylic acids is 1. The van der Waals surface area contributed by atoms with Gasteiger partial charge in [-0.25, -0.2) is 9.78 Å². The maximum Gasteiger partial charge on any atom is 0.337 e. The van der Waals surface area contributed by atoms with Gasteiger partial charge in [0.25, 0.3) is 0 Å². The second-order valence-corrected chi connectivity index (χ2v) is 4.81. The summed E-state index contributed by atoms with van der Waals surface area (Å²) in [6, 6.07) is 1.47. The number of pyridine rings is 1. The molecule has 0 radical (unpaired) electrons. The highest BCUT2D eigenvalue weighted by Crippen LogP contribution is 2.14. The van der Waals surface area contributed by atoms with E-state index in [4.69, 9.17) is 10.8 Å². The summed E-state index contributed by atoms with van der Waals surface area (Å²) < 4.78 is 0. The summed E-state index contributed by atoms with van der Waals surface area (Å²) in [5.74, 6) is -0.0580. The third-order valence-electron chi connectivity index (χ3n) is 2.08. The van der Waals surface area contributed by atoms with E-state index in [1.165, 1.54) is 30.9 Å². The van der Waals surface area contributed by atoms with E-state index in [2.05, 4.69) is 4.98 Å². The standard InChI is InChI=1S/C12H14N2O3S/c1-8(15)18-5-3-2-4-9-6-10(12(16)17)7-14-11(9)13/h2,4,6-7H,3,5H2,1H3,(H2,13,14)(H,16,17). The van der Waals surface area contributed by atoms with Crippen molar-refractivity contribution in [1.29, 1.82) is 0 Å². The number of nitrogens with zero attached hydrogens (tertiary/aromatic N) is 1. The number of hydrogen-bond acceptors (Lipinski definition) is 5. The lowest BCUT2D eigenvalue weighted by Crippen LogP contribution is -2.01. The molecule has 0 atom stereocenters. The van der Waals surface area contributed by atoms with Gasteiger partial charge in [-0.05, 0) is 12.5 Å². The minimum Gasteiger partial charge on any atom is -0.478 e. The average Bonchev–Trinajstić information content (AvgIpc) is 2.30. The maximum absolute atomic E-state index is 10.8. The molecule has 0 saturated carbocycles. The molecule has 1 aromatic heterocycles. The highest BCUT2D eigenvalue weighted by Gasteiger charge is 2.05. The predicted octanol–water partition coefficient (Wildman–Crippen LogP) is 2.05. The number of thioether (sulfide) groups is 1. The van der Waals surface area contributed by atoms with Gasteiger partial charge < -0.3 is 10.8 Å². The first kappa shape index (κ1) is 14.2. The number of anilines is 1.